The van der Waals surface area contributed by atoms with Crippen molar-refractivity contribution >= 4 is 28.9 Å². The van der Waals surface area contributed by atoms with E-state index in [1.807, 2.05) is 41.1 Å². The fourth-order valence-corrected chi connectivity index (χ4v) is 4.82. The van der Waals surface area contributed by atoms with Gasteiger partial charge in [0.2, 0.25) is 5.79 Å². The number of nitrogens with zero attached hydrogens (tertiary/aromatic N) is 4. The summed E-state index contributed by atoms with van der Waals surface area (Å²) < 4.78 is 20.5. The van der Waals surface area contributed by atoms with Crippen LogP contribution < -0.4 is 9.64 Å². The van der Waals surface area contributed by atoms with Gasteiger partial charge in [0.05, 0.1) is 24.5 Å². The number of halogens is 2. The van der Waals surface area contributed by atoms with Crippen LogP contribution in [-0.2, 0) is 21.8 Å². The van der Waals surface area contributed by atoms with E-state index in [2.05, 4.69) is 9.88 Å². The molecule has 10 heteroatoms. The highest BCUT2D eigenvalue weighted by Gasteiger charge is 2.45. The standard InChI is InChI=1S/C24H26Cl2N4O4/c25-18-1-6-22(23(26)13-18)24(16-28-8-7-27-17-28)33-15-21(34-24)14-32-20-4-2-19(3-5-20)29-9-11-30(31)12-10-29/h1-8,13,17,21,31H,9-12,14-16H2/t21-,24+/m0/s1. The van der Waals surface area contributed by atoms with Crippen LogP contribution in [0.25, 0.3) is 0 Å². The second-order valence-electron chi connectivity index (χ2n) is 8.41. The molecular weight excluding hydrogens is 479 g/mol. The van der Waals surface area contributed by atoms with Gasteiger partial charge in [-0.25, -0.2) is 4.98 Å². The molecular formula is C24H26Cl2N4O4. The molecule has 0 radical (unpaired) electrons. The van der Waals surface area contributed by atoms with E-state index in [-0.39, 0.29) is 6.10 Å². The van der Waals surface area contributed by atoms with Crippen molar-refractivity contribution < 1.29 is 19.4 Å². The molecule has 2 aromatic carbocycles. The third kappa shape index (κ3) is 5.17. The number of hydrogen-bond acceptors (Lipinski definition) is 7. The molecule has 8 nitrogen and oxygen atoms in total. The topological polar surface area (TPSA) is 72.2 Å². The fraction of sp³-hybridized carbons (Fsp3) is 0.375. The fourth-order valence-electron chi connectivity index (χ4n) is 4.27. The predicted octanol–water partition coefficient (Wildman–Crippen LogP) is 4.05. The van der Waals surface area contributed by atoms with Crippen molar-refractivity contribution in [2.75, 3.05) is 44.3 Å². The van der Waals surface area contributed by atoms with E-state index in [1.54, 1.807) is 24.7 Å². The zero-order valence-corrected chi connectivity index (χ0v) is 20.0. The molecule has 34 heavy (non-hydrogen) atoms. The van der Waals surface area contributed by atoms with Gasteiger partial charge in [-0.3, -0.25) is 0 Å². The second kappa shape index (κ2) is 10.1. The van der Waals surface area contributed by atoms with Gasteiger partial charge in [-0.15, -0.1) is 0 Å². The largest absolute Gasteiger partial charge is 0.491 e. The number of hydrogen-bond donors (Lipinski definition) is 1. The Kier molecular flexibility index (Phi) is 6.96. The lowest BCUT2D eigenvalue weighted by atomic mass is 10.1. The molecule has 0 aliphatic carbocycles. The van der Waals surface area contributed by atoms with Gasteiger partial charge in [0, 0.05) is 54.8 Å². The van der Waals surface area contributed by atoms with Gasteiger partial charge < -0.3 is 28.9 Å². The molecule has 0 unspecified atom stereocenters. The van der Waals surface area contributed by atoms with E-state index < -0.39 is 5.79 Å². The summed E-state index contributed by atoms with van der Waals surface area (Å²) in [5, 5.41) is 11.9. The molecule has 180 valence electrons. The Morgan fingerprint density at radius 3 is 2.59 bits per heavy atom. The Morgan fingerprint density at radius 1 is 1.09 bits per heavy atom. The van der Waals surface area contributed by atoms with Crippen molar-refractivity contribution in [3.05, 3.63) is 76.8 Å². The van der Waals surface area contributed by atoms with E-state index >= 15 is 0 Å². The first-order valence-corrected chi connectivity index (χ1v) is 11.9. The van der Waals surface area contributed by atoms with Crippen LogP contribution in [0.3, 0.4) is 0 Å². The van der Waals surface area contributed by atoms with Crippen molar-refractivity contribution in [1.29, 1.82) is 0 Å². The molecule has 5 rings (SSSR count). The molecule has 1 N–H and O–H groups in total. The number of ether oxygens (including phenoxy) is 3. The molecule has 2 aliphatic rings. The predicted molar refractivity (Wildman–Crippen MR) is 129 cm³/mol. The Morgan fingerprint density at radius 2 is 1.88 bits per heavy atom. The Bertz CT molecular complexity index is 1090. The molecule has 2 fully saturated rings. The van der Waals surface area contributed by atoms with Gasteiger partial charge in [-0.1, -0.05) is 29.3 Å². The molecule has 0 bridgehead atoms. The zero-order valence-electron chi connectivity index (χ0n) is 18.5. The molecule has 2 aliphatic heterocycles. The summed E-state index contributed by atoms with van der Waals surface area (Å²) >= 11 is 12.6. The third-order valence-electron chi connectivity index (χ3n) is 6.04. The third-order valence-corrected chi connectivity index (χ3v) is 6.59. The Hall–Kier alpha value is -2.33. The molecule has 0 spiro atoms. The van der Waals surface area contributed by atoms with Crippen molar-refractivity contribution in [1.82, 2.24) is 14.6 Å². The maximum Gasteiger partial charge on any atom is 0.215 e. The number of hydroxylamine groups is 2. The van der Waals surface area contributed by atoms with Crippen molar-refractivity contribution in [2.45, 2.75) is 18.4 Å². The van der Waals surface area contributed by atoms with Gasteiger partial charge in [-0.05, 0) is 36.4 Å². The molecule has 3 aromatic rings. The minimum atomic E-state index is -1.07. The van der Waals surface area contributed by atoms with Crippen molar-refractivity contribution in [2.24, 2.45) is 0 Å². The van der Waals surface area contributed by atoms with Crippen LogP contribution in [0.1, 0.15) is 5.56 Å². The van der Waals surface area contributed by atoms with Gasteiger partial charge in [0.15, 0.2) is 0 Å². The van der Waals surface area contributed by atoms with E-state index in [0.717, 1.165) is 24.5 Å². The number of piperazine rings is 1. The van der Waals surface area contributed by atoms with E-state index in [0.29, 0.717) is 48.5 Å². The summed E-state index contributed by atoms with van der Waals surface area (Å²) in [6.07, 6.45) is 4.99. The lowest BCUT2D eigenvalue weighted by Gasteiger charge is -2.32. The van der Waals surface area contributed by atoms with Crippen LogP contribution in [0.15, 0.2) is 61.2 Å². The first-order chi connectivity index (χ1) is 16.5. The highest BCUT2D eigenvalue weighted by atomic mass is 35.5. The van der Waals surface area contributed by atoms with Gasteiger partial charge in [-0.2, -0.15) is 5.06 Å². The average molecular weight is 505 g/mol. The molecule has 2 atom stereocenters. The quantitative estimate of drug-likeness (QED) is 0.520. The summed E-state index contributed by atoms with van der Waals surface area (Å²) in [6.45, 7) is 3.93. The maximum atomic E-state index is 9.55. The molecule has 0 saturated carbocycles. The van der Waals surface area contributed by atoms with Crippen LogP contribution in [0.5, 0.6) is 5.75 Å². The highest BCUT2D eigenvalue weighted by molar-refractivity contribution is 6.35. The second-order valence-corrected chi connectivity index (χ2v) is 9.25. The summed E-state index contributed by atoms with van der Waals surface area (Å²) in [6, 6.07) is 13.3. The van der Waals surface area contributed by atoms with Crippen LogP contribution in [0.2, 0.25) is 10.0 Å². The first kappa shape index (κ1) is 23.4. The summed E-state index contributed by atoms with van der Waals surface area (Å²) in [5.74, 6) is -0.320. The number of imidazole rings is 1. The van der Waals surface area contributed by atoms with Crippen LogP contribution in [0.4, 0.5) is 5.69 Å². The van der Waals surface area contributed by atoms with E-state index in [1.165, 1.54) is 5.06 Å². The van der Waals surface area contributed by atoms with E-state index in [9.17, 15) is 5.21 Å². The number of aromatic nitrogens is 2. The van der Waals surface area contributed by atoms with Crippen molar-refractivity contribution in [3.63, 3.8) is 0 Å². The highest BCUT2D eigenvalue weighted by Crippen LogP contribution is 2.40. The smallest absolute Gasteiger partial charge is 0.215 e. The molecule has 1 aromatic heterocycles. The SMILES string of the molecule is ON1CCN(c2ccc(OC[C@H]3CO[C@@](Cn4ccnc4)(c4ccc(Cl)cc4Cl)O3)cc2)CC1. The summed E-state index contributed by atoms with van der Waals surface area (Å²) in [5.41, 5.74) is 1.82. The van der Waals surface area contributed by atoms with Gasteiger partial charge >= 0.3 is 0 Å². The minimum Gasteiger partial charge on any atom is -0.491 e. The molecule has 3 heterocycles. The zero-order chi connectivity index (χ0) is 23.5. The normalized spacial score (nSPS) is 23.4. The lowest BCUT2D eigenvalue weighted by molar-refractivity contribution is -0.189. The van der Waals surface area contributed by atoms with Gasteiger partial charge in [0.1, 0.15) is 18.5 Å². The minimum absolute atomic E-state index is 0.285. The van der Waals surface area contributed by atoms with Crippen LogP contribution in [0, 0.1) is 0 Å². The number of rotatable bonds is 7. The van der Waals surface area contributed by atoms with Crippen LogP contribution in [-0.4, -0.2) is 65.3 Å². The number of benzene rings is 2. The lowest BCUT2D eigenvalue weighted by Crippen LogP contribution is -2.44. The Labute approximate surface area is 208 Å². The van der Waals surface area contributed by atoms with Crippen LogP contribution >= 0.6 is 23.2 Å². The summed E-state index contributed by atoms with van der Waals surface area (Å²) in [7, 11) is 0. The maximum absolute atomic E-state index is 9.55. The van der Waals surface area contributed by atoms with Gasteiger partial charge in [0.25, 0.3) is 0 Å². The number of anilines is 1. The Balaban J connectivity index is 1.25. The monoisotopic (exact) mass is 504 g/mol. The average Bonchev–Trinajstić information content (AvgIpc) is 3.49. The first-order valence-electron chi connectivity index (χ1n) is 11.2. The van der Waals surface area contributed by atoms with E-state index in [4.69, 9.17) is 37.4 Å². The molecule has 0 amide bonds. The summed E-state index contributed by atoms with van der Waals surface area (Å²) in [4.78, 5) is 6.36. The molecule has 2 saturated heterocycles. The van der Waals surface area contributed by atoms with Crippen molar-refractivity contribution in [3.8, 4) is 5.75 Å².